The number of aromatic nitrogens is 3. The van der Waals surface area contributed by atoms with Crippen molar-refractivity contribution in [3.63, 3.8) is 0 Å². The molecule has 0 atom stereocenters. The van der Waals surface area contributed by atoms with Crippen LogP contribution in [0.5, 0.6) is 0 Å². The first kappa shape index (κ1) is 14.8. The minimum absolute atomic E-state index is 0.0162. The van der Waals surface area contributed by atoms with Crippen LogP contribution >= 0.6 is 0 Å². The Kier molecular flexibility index (Phi) is 5.32. The zero-order chi connectivity index (χ0) is 14.4. The van der Waals surface area contributed by atoms with E-state index in [1.807, 2.05) is 19.9 Å². The number of hydrogen-bond donors (Lipinski definition) is 1. The van der Waals surface area contributed by atoms with Crippen molar-refractivity contribution >= 4 is 5.91 Å². The van der Waals surface area contributed by atoms with Gasteiger partial charge in [-0.05, 0) is 26.2 Å². The second-order valence-corrected chi connectivity index (χ2v) is 5.30. The number of rotatable bonds is 5. The van der Waals surface area contributed by atoms with Crippen LogP contribution in [0.15, 0.2) is 11.6 Å². The Morgan fingerprint density at radius 2 is 2.20 bits per heavy atom. The van der Waals surface area contributed by atoms with Crippen molar-refractivity contribution in [2.24, 2.45) is 0 Å². The topological polar surface area (TPSA) is 59.8 Å². The van der Waals surface area contributed by atoms with Crippen molar-refractivity contribution in [1.82, 2.24) is 20.1 Å². The smallest absolute Gasteiger partial charge is 0.246 e. The summed E-state index contributed by atoms with van der Waals surface area (Å²) in [5.41, 5.74) is 0.785. The van der Waals surface area contributed by atoms with Gasteiger partial charge in [-0.1, -0.05) is 19.4 Å². The predicted molar refractivity (Wildman–Crippen MR) is 78.3 cm³/mol. The fourth-order valence-electron chi connectivity index (χ4n) is 2.56. The van der Waals surface area contributed by atoms with Gasteiger partial charge < -0.3 is 9.88 Å². The molecule has 5 heteroatoms. The number of amides is 1. The molecule has 0 radical (unpaired) electrons. The van der Waals surface area contributed by atoms with Gasteiger partial charge in [-0.25, -0.2) is 0 Å². The van der Waals surface area contributed by atoms with Crippen LogP contribution in [-0.2, 0) is 24.2 Å². The number of nitrogens with zero attached hydrogens (tertiary/aromatic N) is 3. The molecule has 5 nitrogen and oxygen atoms in total. The highest BCUT2D eigenvalue weighted by Gasteiger charge is 2.14. The number of fused-ring (bicyclic) bond motifs is 1. The van der Waals surface area contributed by atoms with Gasteiger partial charge in [-0.3, -0.25) is 4.79 Å². The van der Waals surface area contributed by atoms with Crippen molar-refractivity contribution in [3.05, 3.63) is 23.3 Å². The summed E-state index contributed by atoms with van der Waals surface area (Å²) in [6, 6.07) is 0. The van der Waals surface area contributed by atoms with Crippen LogP contribution in [-0.4, -0.2) is 27.2 Å². The highest BCUT2D eigenvalue weighted by atomic mass is 16.1. The summed E-state index contributed by atoms with van der Waals surface area (Å²) in [7, 11) is 0. The summed E-state index contributed by atoms with van der Waals surface area (Å²) in [5, 5.41) is 11.5. The van der Waals surface area contributed by atoms with E-state index in [1.54, 1.807) is 0 Å². The van der Waals surface area contributed by atoms with Crippen LogP contribution in [0.1, 0.15) is 51.2 Å². The lowest BCUT2D eigenvalue weighted by Gasteiger charge is -2.08. The standard InChI is InChI=1S/C15H24N4O/c1-3-7-12(2)15(20)16-10-9-14-18-17-13-8-5-4-6-11-19(13)14/h7H,3-6,8-11H2,1-2H3,(H,16,20)/b12-7-. The van der Waals surface area contributed by atoms with E-state index < -0.39 is 0 Å². The largest absolute Gasteiger partial charge is 0.352 e. The lowest BCUT2D eigenvalue weighted by atomic mass is 10.2. The van der Waals surface area contributed by atoms with Gasteiger partial charge in [-0.15, -0.1) is 10.2 Å². The second-order valence-electron chi connectivity index (χ2n) is 5.30. The van der Waals surface area contributed by atoms with E-state index >= 15 is 0 Å². The molecule has 0 spiro atoms. The molecule has 0 fully saturated rings. The molecule has 0 aromatic carbocycles. The molecule has 2 heterocycles. The van der Waals surface area contributed by atoms with Crippen LogP contribution in [0.25, 0.3) is 0 Å². The molecule has 0 unspecified atom stereocenters. The fraction of sp³-hybridized carbons (Fsp3) is 0.667. The third-order valence-electron chi connectivity index (χ3n) is 3.69. The van der Waals surface area contributed by atoms with Crippen LogP contribution in [0, 0.1) is 0 Å². The van der Waals surface area contributed by atoms with Crippen molar-refractivity contribution < 1.29 is 4.79 Å². The Bertz CT molecular complexity index is 490. The van der Waals surface area contributed by atoms with Gasteiger partial charge in [0.1, 0.15) is 11.6 Å². The maximum absolute atomic E-state index is 11.8. The van der Waals surface area contributed by atoms with E-state index in [-0.39, 0.29) is 5.91 Å². The zero-order valence-electron chi connectivity index (χ0n) is 12.5. The first-order valence-corrected chi connectivity index (χ1v) is 7.58. The lowest BCUT2D eigenvalue weighted by molar-refractivity contribution is -0.117. The number of aryl methyl sites for hydroxylation is 1. The Balaban J connectivity index is 1.87. The monoisotopic (exact) mass is 276 g/mol. The van der Waals surface area contributed by atoms with Crippen LogP contribution in [0.2, 0.25) is 0 Å². The van der Waals surface area contributed by atoms with Crippen LogP contribution < -0.4 is 5.32 Å². The van der Waals surface area contributed by atoms with E-state index in [1.165, 1.54) is 19.3 Å². The van der Waals surface area contributed by atoms with E-state index in [4.69, 9.17) is 0 Å². The molecular weight excluding hydrogens is 252 g/mol. The molecule has 1 amide bonds. The summed E-state index contributed by atoms with van der Waals surface area (Å²) in [6.07, 6.45) is 8.27. The van der Waals surface area contributed by atoms with Gasteiger partial charge in [0.05, 0.1) is 0 Å². The third kappa shape index (κ3) is 3.68. The average molecular weight is 276 g/mol. The zero-order valence-corrected chi connectivity index (χ0v) is 12.5. The van der Waals surface area contributed by atoms with Crippen molar-refractivity contribution in [2.75, 3.05) is 6.54 Å². The maximum Gasteiger partial charge on any atom is 0.246 e. The third-order valence-corrected chi connectivity index (χ3v) is 3.69. The number of carbonyl (C=O) groups excluding carboxylic acids is 1. The van der Waals surface area contributed by atoms with Crippen molar-refractivity contribution in [3.8, 4) is 0 Å². The molecule has 1 aromatic rings. The number of hydrogen-bond acceptors (Lipinski definition) is 3. The highest BCUT2D eigenvalue weighted by Crippen LogP contribution is 2.14. The molecule has 0 bridgehead atoms. The summed E-state index contributed by atoms with van der Waals surface area (Å²) >= 11 is 0. The summed E-state index contributed by atoms with van der Waals surface area (Å²) in [5.74, 6) is 2.12. The minimum Gasteiger partial charge on any atom is -0.352 e. The number of allylic oxidation sites excluding steroid dienone is 1. The normalized spacial score (nSPS) is 15.6. The van der Waals surface area contributed by atoms with Crippen LogP contribution in [0.4, 0.5) is 0 Å². The van der Waals surface area contributed by atoms with Gasteiger partial charge in [-0.2, -0.15) is 0 Å². The predicted octanol–water partition coefficient (Wildman–Crippen LogP) is 2.02. The van der Waals surface area contributed by atoms with Crippen molar-refractivity contribution in [1.29, 1.82) is 0 Å². The van der Waals surface area contributed by atoms with E-state index in [9.17, 15) is 4.79 Å². The Labute approximate surface area is 120 Å². The molecule has 1 aromatic heterocycles. The summed E-state index contributed by atoms with van der Waals surface area (Å²) in [6.45, 7) is 5.51. The van der Waals surface area contributed by atoms with Gasteiger partial charge in [0.25, 0.3) is 0 Å². The molecule has 1 N–H and O–H groups in total. The number of carbonyl (C=O) groups is 1. The SMILES string of the molecule is CC/C=C(/C)C(=O)NCCc1nnc2n1CCCCC2. The average Bonchev–Trinajstić information content (AvgIpc) is 2.68. The molecule has 0 saturated carbocycles. The highest BCUT2D eigenvalue weighted by molar-refractivity contribution is 5.92. The van der Waals surface area contributed by atoms with Crippen molar-refractivity contribution in [2.45, 2.75) is 58.9 Å². The first-order valence-electron chi connectivity index (χ1n) is 7.58. The summed E-state index contributed by atoms with van der Waals surface area (Å²) in [4.78, 5) is 11.8. The second kappa shape index (κ2) is 7.22. The molecule has 110 valence electrons. The summed E-state index contributed by atoms with van der Waals surface area (Å²) < 4.78 is 2.23. The van der Waals surface area contributed by atoms with Crippen LogP contribution in [0.3, 0.4) is 0 Å². The molecule has 2 rings (SSSR count). The van der Waals surface area contributed by atoms with Gasteiger partial charge >= 0.3 is 0 Å². The maximum atomic E-state index is 11.8. The van der Waals surface area contributed by atoms with Gasteiger partial charge in [0, 0.05) is 31.5 Å². The quantitative estimate of drug-likeness (QED) is 0.837. The molecule has 20 heavy (non-hydrogen) atoms. The Hall–Kier alpha value is -1.65. The molecule has 1 aliphatic rings. The van der Waals surface area contributed by atoms with Gasteiger partial charge in [0.15, 0.2) is 0 Å². The molecule has 0 aliphatic carbocycles. The fourth-order valence-corrected chi connectivity index (χ4v) is 2.56. The van der Waals surface area contributed by atoms with E-state index in [0.717, 1.165) is 43.0 Å². The Morgan fingerprint density at radius 1 is 1.35 bits per heavy atom. The molecule has 0 saturated heterocycles. The molecular formula is C15H24N4O. The minimum atomic E-state index is 0.0162. The Morgan fingerprint density at radius 3 is 3.00 bits per heavy atom. The molecule has 1 aliphatic heterocycles. The number of nitrogens with one attached hydrogen (secondary N) is 1. The first-order chi connectivity index (χ1) is 9.72. The lowest BCUT2D eigenvalue weighted by Crippen LogP contribution is -2.27. The van der Waals surface area contributed by atoms with Gasteiger partial charge in [0.2, 0.25) is 5.91 Å². The van der Waals surface area contributed by atoms with E-state index in [0.29, 0.717) is 6.54 Å². The van der Waals surface area contributed by atoms with E-state index in [2.05, 4.69) is 20.1 Å².